The second kappa shape index (κ2) is 7.51. The first-order valence-electron chi connectivity index (χ1n) is 10.2. The molecule has 2 aliphatic carbocycles. The van der Waals surface area contributed by atoms with Crippen LogP contribution < -0.4 is 10.5 Å². The quantitative estimate of drug-likeness (QED) is 0.817. The monoisotopic (exact) mass is 365 g/mol. The van der Waals surface area contributed by atoms with E-state index in [1.807, 2.05) is 6.20 Å². The predicted molar refractivity (Wildman–Crippen MR) is 111 cm³/mol. The van der Waals surface area contributed by atoms with Gasteiger partial charge >= 0.3 is 0 Å². The number of hydrogen-bond donors (Lipinski definition) is 1. The van der Waals surface area contributed by atoms with Gasteiger partial charge in [-0.1, -0.05) is 6.07 Å². The van der Waals surface area contributed by atoms with Gasteiger partial charge in [-0.05, 0) is 94.3 Å². The molecule has 144 valence electrons. The van der Waals surface area contributed by atoms with Crippen molar-refractivity contribution in [2.75, 3.05) is 19.8 Å². The summed E-state index contributed by atoms with van der Waals surface area (Å²) < 4.78 is 6.25. The number of fused-ring (bicyclic) bond motifs is 1. The molecule has 1 heterocycles. The molecule has 2 aromatic rings. The van der Waals surface area contributed by atoms with Crippen LogP contribution in [0, 0.1) is 6.92 Å². The van der Waals surface area contributed by atoms with E-state index in [-0.39, 0.29) is 6.10 Å². The molecule has 0 bridgehead atoms. The van der Waals surface area contributed by atoms with Crippen LogP contribution in [0.15, 0.2) is 24.4 Å². The highest BCUT2D eigenvalue weighted by Crippen LogP contribution is 2.39. The van der Waals surface area contributed by atoms with Crippen molar-refractivity contribution in [1.82, 2.24) is 9.88 Å². The van der Waals surface area contributed by atoms with Gasteiger partial charge in [0, 0.05) is 29.6 Å². The Balaban J connectivity index is 1.54. The summed E-state index contributed by atoms with van der Waals surface area (Å²) in [4.78, 5) is 6.80. The van der Waals surface area contributed by atoms with Gasteiger partial charge in [-0.2, -0.15) is 0 Å². The van der Waals surface area contributed by atoms with E-state index in [2.05, 4.69) is 49.1 Å². The van der Waals surface area contributed by atoms with Gasteiger partial charge in [0.2, 0.25) is 5.88 Å². The summed E-state index contributed by atoms with van der Waals surface area (Å²) in [6, 6.07) is 7.11. The van der Waals surface area contributed by atoms with E-state index in [0.29, 0.717) is 6.04 Å². The maximum absolute atomic E-state index is 6.58. The van der Waals surface area contributed by atoms with Crippen molar-refractivity contribution in [3.8, 4) is 17.0 Å². The van der Waals surface area contributed by atoms with Crippen molar-refractivity contribution in [3.05, 3.63) is 41.1 Å². The van der Waals surface area contributed by atoms with Gasteiger partial charge in [-0.15, -0.1) is 0 Å². The number of ether oxygens (including phenoxy) is 1. The van der Waals surface area contributed by atoms with Gasteiger partial charge in [-0.25, -0.2) is 4.98 Å². The molecule has 4 nitrogen and oxygen atoms in total. The molecule has 1 aromatic carbocycles. The molecule has 0 spiro atoms. The lowest BCUT2D eigenvalue weighted by molar-refractivity contribution is 0.107. The van der Waals surface area contributed by atoms with Gasteiger partial charge in [0.25, 0.3) is 0 Å². The fourth-order valence-corrected chi connectivity index (χ4v) is 4.79. The molecule has 0 aliphatic heterocycles. The fraction of sp³-hybridized carbons (Fsp3) is 0.522. The minimum absolute atomic E-state index is 0.266. The summed E-state index contributed by atoms with van der Waals surface area (Å²) in [5.74, 6) is 0.722. The Morgan fingerprint density at radius 3 is 2.63 bits per heavy atom. The number of aryl methyl sites for hydroxylation is 2. The van der Waals surface area contributed by atoms with Crippen LogP contribution in [0.5, 0.6) is 5.88 Å². The third-order valence-corrected chi connectivity index (χ3v) is 6.33. The van der Waals surface area contributed by atoms with Crippen LogP contribution in [0.25, 0.3) is 11.1 Å². The number of benzene rings is 1. The molecule has 1 fully saturated rings. The first kappa shape index (κ1) is 18.3. The Hall–Kier alpha value is -2.07. The van der Waals surface area contributed by atoms with Crippen LogP contribution in [0.1, 0.15) is 48.8 Å². The average Bonchev–Trinajstić information content (AvgIpc) is 3.11. The van der Waals surface area contributed by atoms with Crippen LogP contribution in [0.3, 0.4) is 0 Å². The van der Waals surface area contributed by atoms with Crippen molar-refractivity contribution in [3.63, 3.8) is 0 Å². The Bertz CT molecular complexity index is 823. The molecule has 0 amide bonds. The number of nitrogen functional groups attached to an aromatic ring is 1. The molecule has 1 saturated carbocycles. The molecule has 2 N–H and O–H groups in total. The van der Waals surface area contributed by atoms with E-state index in [9.17, 15) is 0 Å². The molecule has 27 heavy (non-hydrogen) atoms. The first-order chi connectivity index (χ1) is 13.0. The summed E-state index contributed by atoms with van der Waals surface area (Å²) in [6.45, 7) is 2.16. The molecular formula is C23H31N3O. The van der Waals surface area contributed by atoms with E-state index in [4.69, 9.17) is 10.5 Å². The van der Waals surface area contributed by atoms with Crippen molar-refractivity contribution >= 4 is 5.69 Å². The Morgan fingerprint density at radius 1 is 1.11 bits per heavy atom. The normalized spacial score (nSPS) is 22.1. The number of nitrogens with two attached hydrogens (primary N) is 1. The first-order valence-corrected chi connectivity index (χ1v) is 10.2. The van der Waals surface area contributed by atoms with E-state index >= 15 is 0 Å². The zero-order valence-electron chi connectivity index (χ0n) is 16.8. The van der Waals surface area contributed by atoms with Crippen molar-refractivity contribution in [1.29, 1.82) is 0 Å². The van der Waals surface area contributed by atoms with E-state index < -0.39 is 0 Å². The van der Waals surface area contributed by atoms with Crippen LogP contribution in [0.2, 0.25) is 0 Å². The largest absolute Gasteiger partial charge is 0.474 e. The van der Waals surface area contributed by atoms with Crippen molar-refractivity contribution < 1.29 is 4.74 Å². The number of aromatic nitrogens is 1. The van der Waals surface area contributed by atoms with Gasteiger partial charge < -0.3 is 15.4 Å². The van der Waals surface area contributed by atoms with Crippen molar-refractivity contribution in [2.45, 2.75) is 64.0 Å². The third-order valence-electron chi connectivity index (χ3n) is 6.33. The summed E-state index contributed by atoms with van der Waals surface area (Å²) in [6.07, 6.45) is 10.1. The molecule has 0 saturated heterocycles. The Kier molecular flexibility index (Phi) is 5.09. The van der Waals surface area contributed by atoms with E-state index in [0.717, 1.165) is 48.4 Å². The summed E-state index contributed by atoms with van der Waals surface area (Å²) >= 11 is 0. The standard InChI is InChI=1S/C23H31N3O/c1-15-13-16-5-4-6-20(16)23(24)22(15)17-11-12-25-21(14-17)27-19-9-7-18(8-10-19)26(2)3/h11-14,18-19H,4-10,24H2,1-3H3. The summed E-state index contributed by atoms with van der Waals surface area (Å²) in [5, 5.41) is 0. The van der Waals surface area contributed by atoms with Gasteiger partial charge in [-0.3, -0.25) is 0 Å². The Morgan fingerprint density at radius 2 is 1.89 bits per heavy atom. The SMILES string of the molecule is Cc1cc2c(c(N)c1-c1ccnc(OC3CCC(N(C)C)CC3)c1)CCC2. The maximum Gasteiger partial charge on any atom is 0.214 e. The Labute approximate surface area is 162 Å². The van der Waals surface area contributed by atoms with Gasteiger partial charge in [0.1, 0.15) is 6.10 Å². The fourth-order valence-electron chi connectivity index (χ4n) is 4.79. The van der Waals surface area contributed by atoms with Crippen LogP contribution >= 0.6 is 0 Å². The lowest BCUT2D eigenvalue weighted by atomic mass is 9.92. The lowest BCUT2D eigenvalue weighted by Gasteiger charge is -2.32. The van der Waals surface area contributed by atoms with Crippen LogP contribution in [0.4, 0.5) is 5.69 Å². The number of anilines is 1. The smallest absolute Gasteiger partial charge is 0.214 e. The molecule has 0 radical (unpaired) electrons. The molecule has 2 aliphatic rings. The van der Waals surface area contributed by atoms with Crippen LogP contribution in [-0.2, 0) is 12.8 Å². The number of hydrogen-bond acceptors (Lipinski definition) is 4. The number of nitrogens with zero attached hydrogens (tertiary/aromatic N) is 2. The second-order valence-corrected chi connectivity index (χ2v) is 8.37. The lowest BCUT2D eigenvalue weighted by Crippen LogP contribution is -2.35. The molecule has 4 heteroatoms. The zero-order chi connectivity index (χ0) is 19.0. The van der Waals surface area contributed by atoms with Gasteiger partial charge in [0.05, 0.1) is 0 Å². The van der Waals surface area contributed by atoms with Gasteiger partial charge in [0.15, 0.2) is 0 Å². The topological polar surface area (TPSA) is 51.4 Å². The highest BCUT2D eigenvalue weighted by molar-refractivity contribution is 5.83. The minimum atomic E-state index is 0.266. The number of rotatable bonds is 4. The second-order valence-electron chi connectivity index (χ2n) is 8.37. The maximum atomic E-state index is 6.58. The highest BCUT2D eigenvalue weighted by atomic mass is 16.5. The summed E-state index contributed by atoms with van der Waals surface area (Å²) in [5.41, 5.74) is 13.8. The molecule has 4 rings (SSSR count). The molecule has 1 aromatic heterocycles. The summed E-state index contributed by atoms with van der Waals surface area (Å²) in [7, 11) is 4.33. The molecule has 0 unspecified atom stereocenters. The molecule has 0 atom stereocenters. The van der Waals surface area contributed by atoms with E-state index in [1.54, 1.807) is 0 Å². The van der Waals surface area contributed by atoms with E-state index in [1.165, 1.54) is 36.0 Å². The van der Waals surface area contributed by atoms with Crippen LogP contribution in [-0.4, -0.2) is 36.1 Å². The third kappa shape index (κ3) is 3.68. The zero-order valence-corrected chi connectivity index (χ0v) is 16.8. The minimum Gasteiger partial charge on any atom is -0.474 e. The predicted octanol–water partition coefficient (Wildman–Crippen LogP) is 4.38. The average molecular weight is 366 g/mol. The van der Waals surface area contributed by atoms with Crippen molar-refractivity contribution in [2.24, 2.45) is 0 Å². The molecular weight excluding hydrogens is 334 g/mol. The number of pyridine rings is 1. The highest BCUT2D eigenvalue weighted by Gasteiger charge is 2.24.